The molecule has 2 rings (SSSR count). The maximum absolute atomic E-state index is 10.9. The van der Waals surface area contributed by atoms with Gasteiger partial charge in [-0.15, -0.1) is 0 Å². The van der Waals surface area contributed by atoms with Crippen LogP contribution in [0.2, 0.25) is 0 Å². The van der Waals surface area contributed by atoms with Crippen LogP contribution in [0, 0.1) is 0 Å². The first-order chi connectivity index (χ1) is 6.21. The number of nitrogens with one attached hydrogen (secondary N) is 1. The lowest BCUT2D eigenvalue weighted by atomic mass is 10.0. The van der Waals surface area contributed by atoms with E-state index in [1.165, 1.54) is 0 Å². The Bertz CT molecular complexity index is 326. The molecular formula is C9H10N2O2. The lowest BCUT2D eigenvalue weighted by molar-refractivity contribution is -0.122. The Kier molecular flexibility index (Phi) is 1.77. The second-order valence-corrected chi connectivity index (χ2v) is 3.15. The monoisotopic (exact) mass is 178 g/mol. The summed E-state index contributed by atoms with van der Waals surface area (Å²) in [6.45, 7) is 0. The van der Waals surface area contributed by atoms with E-state index in [9.17, 15) is 9.90 Å². The van der Waals surface area contributed by atoms with Gasteiger partial charge in [0.25, 0.3) is 0 Å². The number of amides is 1. The number of pyridine rings is 1. The molecule has 0 aromatic carbocycles. The van der Waals surface area contributed by atoms with Gasteiger partial charge in [0.1, 0.15) is 0 Å². The minimum atomic E-state index is -1.20. The Balaban J connectivity index is 2.31. The van der Waals surface area contributed by atoms with Crippen LogP contribution in [-0.4, -0.2) is 16.0 Å². The molecule has 0 saturated carbocycles. The lowest BCUT2D eigenvalue weighted by Gasteiger charge is -2.21. The SMILES string of the molecule is O=C1CC[C@@](O)(c2cccnc2)N1. The van der Waals surface area contributed by atoms with Gasteiger partial charge in [0, 0.05) is 30.8 Å². The zero-order chi connectivity index (χ0) is 9.31. The van der Waals surface area contributed by atoms with Crippen molar-refractivity contribution in [2.24, 2.45) is 0 Å². The molecule has 0 bridgehead atoms. The minimum Gasteiger partial charge on any atom is -0.367 e. The number of aliphatic hydroxyl groups is 1. The number of nitrogens with zero attached hydrogens (tertiary/aromatic N) is 1. The molecule has 1 aliphatic rings. The molecule has 1 fully saturated rings. The van der Waals surface area contributed by atoms with Gasteiger partial charge in [-0.3, -0.25) is 9.78 Å². The van der Waals surface area contributed by atoms with Crippen molar-refractivity contribution in [3.8, 4) is 0 Å². The second kappa shape index (κ2) is 2.81. The van der Waals surface area contributed by atoms with Crippen LogP contribution in [0.5, 0.6) is 0 Å². The molecule has 0 aliphatic carbocycles. The summed E-state index contributed by atoms with van der Waals surface area (Å²) in [7, 11) is 0. The summed E-state index contributed by atoms with van der Waals surface area (Å²) in [5, 5.41) is 12.5. The van der Waals surface area contributed by atoms with E-state index >= 15 is 0 Å². The molecule has 1 aromatic rings. The summed E-state index contributed by atoms with van der Waals surface area (Å²) in [6.07, 6.45) is 3.97. The standard InChI is InChI=1S/C9H10N2O2/c12-8-3-4-9(13,11-8)7-2-1-5-10-6-7/h1-2,5-6,13H,3-4H2,(H,11,12)/t9-/m1/s1. The van der Waals surface area contributed by atoms with Crippen LogP contribution < -0.4 is 5.32 Å². The van der Waals surface area contributed by atoms with Crippen LogP contribution in [0.25, 0.3) is 0 Å². The summed E-state index contributed by atoms with van der Waals surface area (Å²) in [4.78, 5) is 14.8. The molecule has 1 amide bonds. The Morgan fingerprint density at radius 1 is 1.62 bits per heavy atom. The summed E-state index contributed by atoms with van der Waals surface area (Å²) < 4.78 is 0. The van der Waals surface area contributed by atoms with Crippen molar-refractivity contribution in [3.63, 3.8) is 0 Å². The highest BCUT2D eigenvalue weighted by Crippen LogP contribution is 2.27. The quantitative estimate of drug-likeness (QED) is 0.642. The van der Waals surface area contributed by atoms with E-state index in [1.807, 2.05) is 0 Å². The predicted molar refractivity (Wildman–Crippen MR) is 45.5 cm³/mol. The van der Waals surface area contributed by atoms with Crippen molar-refractivity contribution in [2.75, 3.05) is 0 Å². The van der Waals surface area contributed by atoms with Crippen LogP contribution in [-0.2, 0) is 10.5 Å². The Labute approximate surface area is 75.6 Å². The highest BCUT2D eigenvalue weighted by Gasteiger charge is 2.37. The van der Waals surface area contributed by atoms with Gasteiger partial charge in [0.15, 0.2) is 5.72 Å². The predicted octanol–water partition coefficient (Wildman–Crippen LogP) is 0.137. The van der Waals surface area contributed by atoms with Crippen LogP contribution in [0.3, 0.4) is 0 Å². The highest BCUT2D eigenvalue weighted by molar-refractivity contribution is 5.79. The minimum absolute atomic E-state index is 0.119. The third kappa shape index (κ3) is 1.40. The average Bonchev–Trinajstić information content (AvgIpc) is 2.49. The van der Waals surface area contributed by atoms with Crippen molar-refractivity contribution >= 4 is 5.91 Å². The van der Waals surface area contributed by atoms with Crippen LogP contribution in [0.15, 0.2) is 24.5 Å². The third-order valence-corrected chi connectivity index (χ3v) is 2.20. The Hall–Kier alpha value is -1.42. The van der Waals surface area contributed by atoms with Gasteiger partial charge >= 0.3 is 0 Å². The van der Waals surface area contributed by atoms with Gasteiger partial charge in [-0.1, -0.05) is 6.07 Å². The topological polar surface area (TPSA) is 62.2 Å². The number of rotatable bonds is 1. The fourth-order valence-electron chi connectivity index (χ4n) is 1.47. The van der Waals surface area contributed by atoms with Crippen molar-refractivity contribution in [1.29, 1.82) is 0 Å². The molecule has 2 heterocycles. The maximum Gasteiger partial charge on any atom is 0.222 e. The molecule has 0 unspecified atom stereocenters. The molecule has 2 N–H and O–H groups in total. The molecule has 1 saturated heterocycles. The molecule has 0 spiro atoms. The molecule has 1 aliphatic heterocycles. The maximum atomic E-state index is 10.9. The van der Waals surface area contributed by atoms with Gasteiger partial charge in [-0.25, -0.2) is 0 Å². The van der Waals surface area contributed by atoms with E-state index in [1.54, 1.807) is 24.5 Å². The fourth-order valence-corrected chi connectivity index (χ4v) is 1.47. The second-order valence-electron chi connectivity index (χ2n) is 3.15. The van der Waals surface area contributed by atoms with E-state index in [2.05, 4.69) is 10.3 Å². The van der Waals surface area contributed by atoms with Crippen molar-refractivity contribution in [2.45, 2.75) is 18.6 Å². The van der Waals surface area contributed by atoms with Crippen LogP contribution in [0.4, 0.5) is 0 Å². The lowest BCUT2D eigenvalue weighted by Crippen LogP contribution is -2.38. The molecule has 4 nitrogen and oxygen atoms in total. The van der Waals surface area contributed by atoms with E-state index in [0.717, 1.165) is 0 Å². The van der Waals surface area contributed by atoms with Crippen LogP contribution >= 0.6 is 0 Å². The summed E-state index contributed by atoms with van der Waals surface area (Å²) in [6, 6.07) is 3.48. The van der Waals surface area contributed by atoms with Crippen molar-refractivity contribution in [1.82, 2.24) is 10.3 Å². The number of carbonyl (C=O) groups is 1. The number of carbonyl (C=O) groups excluding carboxylic acids is 1. The number of hydrogen-bond donors (Lipinski definition) is 2. The molecule has 1 atom stereocenters. The van der Waals surface area contributed by atoms with Crippen molar-refractivity contribution in [3.05, 3.63) is 30.1 Å². The summed E-state index contributed by atoms with van der Waals surface area (Å²) in [5.41, 5.74) is -0.563. The Morgan fingerprint density at radius 2 is 2.46 bits per heavy atom. The van der Waals surface area contributed by atoms with E-state index < -0.39 is 5.72 Å². The van der Waals surface area contributed by atoms with Gasteiger partial charge < -0.3 is 10.4 Å². The molecule has 13 heavy (non-hydrogen) atoms. The zero-order valence-corrected chi connectivity index (χ0v) is 7.03. The molecule has 0 radical (unpaired) electrons. The molecular weight excluding hydrogens is 168 g/mol. The molecule has 4 heteroatoms. The van der Waals surface area contributed by atoms with Gasteiger partial charge in [0.05, 0.1) is 0 Å². The van der Waals surface area contributed by atoms with Crippen molar-refractivity contribution < 1.29 is 9.90 Å². The van der Waals surface area contributed by atoms with E-state index in [4.69, 9.17) is 0 Å². The largest absolute Gasteiger partial charge is 0.367 e. The van der Waals surface area contributed by atoms with E-state index in [0.29, 0.717) is 18.4 Å². The van der Waals surface area contributed by atoms with Crippen LogP contribution in [0.1, 0.15) is 18.4 Å². The zero-order valence-electron chi connectivity index (χ0n) is 7.03. The third-order valence-electron chi connectivity index (χ3n) is 2.20. The number of aromatic nitrogens is 1. The molecule has 68 valence electrons. The van der Waals surface area contributed by atoms with Gasteiger partial charge in [-0.05, 0) is 6.07 Å². The first-order valence-corrected chi connectivity index (χ1v) is 4.15. The fraction of sp³-hybridized carbons (Fsp3) is 0.333. The Morgan fingerprint density at radius 3 is 3.00 bits per heavy atom. The smallest absolute Gasteiger partial charge is 0.222 e. The van der Waals surface area contributed by atoms with Gasteiger partial charge in [-0.2, -0.15) is 0 Å². The summed E-state index contributed by atoms with van der Waals surface area (Å²) in [5.74, 6) is -0.119. The van der Waals surface area contributed by atoms with Gasteiger partial charge in [0.2, 0.25) is 5.91 Å². The highest BCUT2D eigenvalue weighted by atomic mass is 16.3. The number of hydrogen-bond acceptors (Lipinski definition) is 3. The average molecular weight is 178 g/mol. The molecule has 1 aromatic heterocycles. The summed E-state index contributed by atoms with van der Waals surface area (Å²) >= 11 is 0. The van der Waals surface area contributed by atoms with E-state index in [-0.39, 0.29) is 5.91 Å². The first kappa shape index (κ1) is 8.19. The normalized spacial score (nSPS) is 27.3. The first-order valence-electron chi connectivity index (χ1n) is 4.15.